The molecule has 21 heavy (non-hydrogen) atoms. The molecule has 116 valence electrons. The minimum Gasteiger partial charge on any atom is -0.393 e. The van der Waals surface area contributed by atoms with Gasteiger partial charge in [-0.3, -0.25) is 4.79 Å². The van der Waals surface area contributed by atoms with Crippen LogP contribution in [-0.2, 0) is 4.79 Å². The summed E-state index contributed by atoms with van der Waals surface area (Å²) in [6.07, 6.45) is 10.7. The number of allylic oxidation sites excluding steroid dienone is 1. The summed E-state index contributed by atoms with van der Waals surface area (Å²) in [5.41, 5.74) is 1.81. The lowest BCUT2D eigenvalue weighted by atomic mass is 9.48. The Labute approximate surface area is 128 Å². The number of hydrogen-bond donors (Lipinski definition) is 1. The molecule has 0 aliphatic heterocycles. The maximum Gasteiger partial charge on any atom is 0.139 e. The van der Waals surface area contributed by atoms with Gasteiger partial charge in [-0.2, -0.15) is 0 Å². The van der Waals surface area contributed by atoms with Gasteiger partial charge in [-0.05, 0) is 68.1 Å². The van der Waals surface area contributed by atoms with Crippen LogP contribution in [0.5, 0.6) is 0 Å². The standard InChI is InChI=1S/C19H28O2/c1-18-9-7-13(20)11-12(18)3-4-14-15-5-6-17(21)19(15,2)10-8-16(14)18/h3,13-16,20H,4-11H2,1-2H3/t13-,14?,15?,16?,18-,19?/m0/s1. The van der Waals surface area contributed by atoms with Crippen molar-refractivity contribution in [3.05, 3.63) is 11.6 Å². The van der Waals surface area contributed by atoms with Crippen molar-refractivity contribution >= 4 is 5.78 Å². The molecular formula is C19H28O2. The first-order valence-electron chi connectivity index (χ1n) is 8.86. The quantitative estimate of drug-likeness (QED) is 0.687. The van der Waals surface area contributed by atoms with Gasteiger partial charge in [0.1, 0.15) is 5.78 Å². The molecule has 0 aromatic rings. The summed E-state index contributed by atoms with van der Waals surface area (Å²) < 4.78 is 0. The van der Waals surface area contributed by atoms with Gasteiger partial charge < -0.3 is 5.11 Å². The van der Waals surface area contributed by atoms with Crippen LogP contribution in [0, 0.1) is 28.6 Å². The van der Waals surface area contributed by atoms with Gasteiger partial charge in [0.25, 0.3) is 0 Å². The van der Waals surface area contributed by atoms with Crippen molar-refractivity contribution in [3.63, 3.8) is 0 Å². The van der Waals surface area contributed by atoms with Gasteiger partial charge in [0.2, 0.25) is 0 Å². The van der Waals surface area contributed by atoms with E-state index in [0.29, 0.717) is 23.0 Å². The van der Waals surface area contributed by atoms with Gasteiger partial charge in [-0.15, -0.1) is 0 Å². The molecule has 4 rings (SSSR count). The van der Waals surface area contributed by atoms with E-state index in [1.165, 1.54) is 12.0 Å². The van der Waals surface area contributed by atoms with Crippen LogP contribution in [0.2, 0.25) is 0 Å². The van der Waals surface area contributed by atoms with Crippen molar-refractivity contribution in [1.29, 1.82) is 0 Å². The second-order valence-corrected chi connectivity index (χ2v) is 8.57. The molecule has 4 unspecified atom stereocenters. The Hall–Kier alpha value is -0.630. The molecule has 0 aromatic carbocycles. The minimum absolute atomic E-state index is 0.0168. The third-order valence-corrected chi connectivity index (χ3v) is 7.79. The van der Waals surface area contributed by atoms with Gasteiger partial charge in [-0.1, -0.05) is 25.5 Å². The zero-order chi connectivity index (χ0) is 14.8. The Bertz CT molecular complexity index is 508. The minimum atomic E-state index is -0.122. The monoisotopic (exact) mass is 288 g/mol. The van der Waals surface area contributed by atoms with E-state index in [1.807, 2.05) is 0 Å². The first-order valence-corrected chi connectivity index (χ1v) is 8.86. The summed E-state index contributed by atoms with van der Waals surface area (Å²) in [7, 11) is 0. The molecule has 4 aliphatic carbocycles. The first-order chi connectivity index (χ1) is 9.95. The molecule has 6 atom stereocenters. The molecule has 2 heteroatoms. The van der Waals surface area contributed by atoms with Crippen LogP contribution >= 0.6 is 0 Å². The number of fused-ring (bicyclic) bond motifs is 5. The molecule has 0 radical (unpaired) electrons. The Morgan fingerprint density at radius 3 is 2.62 bits per heavy atom. The Morgan fingerprint density at radius 2 is 1.81 bits per heavy atom. The summed E-state index contributed by atoms with van der Waals surface area (Å²) in [5, 5.41) is 10.00. The van der Waals surface area contributed by atoms with E-state index < -0.39 is 0 Å². The molecule has 0 amide bonds. The fraction of sp³-hybridized carbons (Fsp3) is 0.842. The average molecular weight is 288 g/mol. The topological polar surface area (TPSA) is 37.3 Å². The number of aliphatic hydroxyl groups is 1. The van der Waals surface area contributed by atoms with Crippen molar-refractivity contribution < 1.29 is 9.90 Å². The van der Waals surface area contributed by atoms with Crippen LogP contribution in [0.1, 0.15) is 65.2 Å². The van der Waals surface area contributed by atoms with Crippen molar-refractivity contribution in [2.75, 3.05) is 0 Å². The van der Waals surface area contributed by atoms with E-state index in [2.05, 4.69) is 19.9 Å². The number of carbonyl (C=O) groups is 1. The SMILES string of the molecule is CC12CCC3C(CC=C4C[C@@H](O)CC[C@@]43C)C1CCC2=O. The molecule has 0 aromatic heterocycles. The largest absolute Gasteiger partial charge is 0.393 e. The Balaban J connectivity index is 1.69. The van der Waals surface area contributed by atoms with Crippen molar-refractivity contribution in [1.82, 2.24) is 0 Å². The summed E-state index contributed by atoms with van der Waals surface area (Å²) in [4.78, 5) is 12.4. The second-order valence-electron chi connectivity index (χ2n) is 8.57. The van der Waals surface area contributed by atoms with E-state index in [1.54, 1.807) is 0 Å². The molecule has 4 aliphatic rings. The fourth-order valence-electron chi connectivity index (χ4n) is 6.41. The fourth-order valence-corrected chi connectivity index (χ4v) is 6.41. The summed E-state index contributed by atoms with van der Waals surface area (Å²) >= 11 is 0. The number of rotatable bonds is 0. The number of hydrogen-bond acceptors (Lipinski definition) is 2. The third kappa shape index (κ3) is 1.78. The molecule has 0 heterocycles. The van der Waals surface area contributed by atoms with Crippen molar-refractivity contribution in [3.8, 4) is 0 Å². The van der Waals surface area contributed by atoms with Gasteiger partial charge in [0, 0.05) is 11.8 Å². The van der Waals surface area contributed by atoms with E-state index in [4.69, 9.17) is 0 Å². The average Bonchev–Trinajstić information content (AvgIpc) is 2.76. The zero-order valence-corrected chi connectivity index (χ0v) is 13.4. The van der Waals surface area contributed by atoms with Crippen molar-refractivity contribution in [2.45, 2.75) is 71.3 Å². The number of Topliss-reactive ketones (excluding diaryl/α,β-unsaturated/α-hetero) is 1. The zero-order valence-electron chi connectivity index (χ0n) is 13.4. The molecule has 1 N–H and O–H groups in total. The highest BCUT2D eigenvalue weighted by Gasteiger charge is 2.58. The summed E-state index contributed by atoms with van der Waals surface area (Å²) in [6.45, 7) is 4.69. The van der Waals surface area contributed by atoms with Gasteiger partial charge in [0.05, 0.1) is 6.10 Å². The number of ketones is 1. The highest BCUT2D eigenvalue weighted by molar-refractivity contribution is 5.87. The van der Waals surface area contributed by atoms with Crippen LogP contribution in [0.3, 0.4) is 0 Å². The lowest BCUT2D eigenvalue weighted by molar-refractivity contribution is -0.132. The van der Waals surface area contributed by atoms with E-state index >= 15 is 0 Å². The normalized spacial score (nSPS) is 52.7. The molecule has 0 bridgehead atoms. The lowest BCUT2D eigenvalue weighted by Crippen LogP contribution is -2.50. The van der Waals surface area contributed by atoms with E-state index in [9.17, 15) is 9.90 Å². The highest BCUT2D eigenvalue weighted by Crippen LogP contribution is 2.63. The van der Waals surface area contributed by atoms with E-state index in [0.717, 1.165) is 50.9 Å². The van der Waals surface area contributed by atoms with Crippen LogP contribution in [0.25, 0.3) is 0 Å². The van der Waals surface area contributed by atoms with Crippen LogP contribution < -0.4 is 0 Å². The van der Waals surface area contributed by atoms with Crippen molar-refractivity contribution in [2.24, 2.45) is 28.6 Å². The molecule has 0 spiro atoms. The highest BCUT2D eigenvalue weighted by atomic mass is 16.3. The van der Waals surface area contributed by atoms with Gasteiger partial charge in [-0.25, -0.2) is 0 Å². The molecule has 3 saturated carbocycles. The summed E-state index contributed by atoms with van der Waals surface area (Å²) in [6, 6.07) is 0. The number of aliphatic hydroxyl groups excluding tert-OH is 1. The smallest absolute Gasteiger partial charge is 0.139 e. The predicted octanol–water partition coefficient (Wildman–Crippen LogP) is 3.88. The Kier molecular flexibility index (Phi) is 2.96. The maximum atomic E-state index is 12.4. The Morgan fingerprint density at radius 1 is 1.10 bits per heavy atom. The lowest BCUT2D eigenvalue weighted by Gasteiger charge is -2.56. The third-order valence-electron chi connectivity index (χ3n) is 7.79. The molecule has 3 fully saturated rings. The van der Waals surface area contributed by atoms with Gasteiger partial charge >= 0.3 is 0 Å². The molecule has 0 saturated heterocycles. The molecular weight excluding hydrogens is 260 g/mol. The van der Waals surface area contributed by atoms with Crippen LogP contribution in [0.15, 0.2) is 11.6 Å². The summed E-state index contributed by atoms with van der Waals surface area (Å²) in [5.74, 6) is 2.60. The maximum absolute atomic E-state index is 12.4. The first kappa shape index (κ1) is 14.0. The van der Waals surface area contributed by atoms with Gasteiger partial charge in [0.15, 0.2) is 0 Å². The second kappa shape index (κ2) is 4.44. The number of carbonyl (C=O) groups excluding carboxylic acids is 1. The molecule has 2 nitrogen and oxygen atoms in total. The predicted molar refractivity (Wildman–Crippen MR) is 82.7 cm³/mol. The van der Waals surface area contributed by atoms with Crippen LogP contribution in [0.4, 0.5) is 0 Å². The van der Waals surface area contributed by atoms with E-state index in [-0.39, 0.29) is 11.5 Å². The van der Waals surface area contributed by atoms with Crippen LogP contribution in [-0.4, -0.2) is 17.0 Å².